The molecule has 0 radical (unpaired) electrons. The first-order chi connectivity index (χ1) is 15.5. The van der Waals surface area contributed by atoms with Crippen molar-refractivity contribution >= 4 is 34.2 Å². The molecule has 1 saturated heterocycles. The van der Waals surface area contributed by atoms with E-state index in [2.05, 4.69) is 20.3 Å². The van der Waals surface area contributed by atoms with E-state index in [1.165, 1.54) is 6.20 Å². The van der Waals surface area contributed by atoms with Gasteiger partial charge in [-0.1, -0.05) is 0 Å². The number of carbonyl (C=O) groups is 1. The monoisotopic (exact) mass is 436 g/mol. The predicted molar refractivity (Wildman–Crippen MR) is 119 cm³/mol. The summed E-state index contributed by atoms with van der Waals surface area (Å²) < 4.78 is 14.1. The van der Waals surface area contributed by atoms with E-state index < -0.39 is 5.97 Å². The Labute approximate surface area is 183 Å². The van der Waals surface area contributed by atoms with Crippen molar-refractivity contribution in [1.29, 1.82) is 0 Å². The third-order valence-electron chi connectivity index (χ3n) is 5.76. The first-order valence-corrected chi connectivity index (χ1v) is 10.6. The lowest BCUT2D eigenvalue weighted by molar-refractivity contribution is 0.0518. The van der Waals surface area contributed by atoms with Crippen LogP contribution in [-0.2, 0) is 9.47 Å². The number of nitrogens with one attached hydrogen (secondary N) is 2. The standard InChI is InChI=1S/C22H24N6O4/c1-3-32-21(29)18-11-24-20-8-13(2)16(12-27(18)20)25-19-9-17-15(10-23-19)26-22(30)28(17)14-4-6-31-7-5-14/h8-12,14H,3-7H2,1-2H3,(H,23,25)(H,26,30). The van der Waals surface area contributed by atoms with Gasteiger partial charge < -0.3 is 19.8 Å². The normalized spacial score (nSPS) is 14.8. The summed E-state index contributed by atoms with van der Waals surface area (Å²) in [5, 5.41) is 3.32. The van der Waals surface area contributed by atoms with Crippen LogP contribution in [0, 0.1) is 6.92 Å². The maximum Gasteiger partial charge on any atom is 0.356 e. The van der Waals surface area contributed by atoms with Gasteiger partial charge in [0.25, 0.3) is 0 Å². The molecule has 5 heterocycles. The molecule has 1 aliphatic heterocycles. The molecule has 0 aromatic carbocycles. The zero-order valence-corrected chi connectivity index (χ0v) is 17.9. The molecule has 0 saturated carbocycles. The number of hydrogen-bond acceptors (Lipinski definition) is 7. The van der Waals surface area contributed by atoms with Crippen molar-refractivity contribution in [2.75, 3.05) is 25.1 Å². The second-order valence-corrected chi connectivity index (χ2v) is 7.82. The summed E-state index contributed by atoms with van der Waals surface area (Å²) >= 11 is 0. The van der Waals surface area contributed by atoms with Crippen molar-refractivity contribution in [1.82, 2.24) is 23.9 Å². The fraction of sp³-hybridized carbons (Fsp3) is 0.364. The van der Waals surface area contributed by atoms with Crippen LogP contribution >= 0.6 is 0 Å². The van der Waals surface area contributed by atoms with E-state index in [0.717, 1.165) is 29.6 Å². The molecule has 0 unspecified atom stereocenters. The van der Waals surface area contributed by atoms with E-state index in [9.17, 15) is 9.59 Å². The second-order valence-electron chi connectivity index (χ2n) is 7.82. The SMILES string of the molecule is CCOC(=O)c1cnc2cc(C)c(Nc3cc4c(cn3)[nH]c(=O)n4C3CCOCC3)cn12. The molecule has 166 valence electrons. The largest absolute Gasteiger partial charge is 0.461 e. The third-order valence-corrected chi connectivity index (χ3v) is 5.76. The van der Waals surface area contributed by atoms with Gasteiger partial charge in [0.05, 0.1) is 35.7 Å². The number of carbonyl (C=O) groups excluding carboxylic acids is 1. The summed E-state index contributed by atoms with van der Waals surface area (Å²) in [5.74, 6) is 0.166. The van der Waals surface area contributed by atoms with E-state index in [4.69, 9.17) is 9.47 Å². The molecular formula is C22H24N6O4. The van der Waals surface area contributed by atoms with Gasteiger partial charge in [0.2, 0.25) is 0 Å². The highest BCUT2D eigenvalue weighted by atomic mass is 16.5. The zero-order valence-electron chi connectivity index (χ0n) is 17.9. The van der Waals surface area contributed by atoms with Gasteiger partial charge in [-0.25, -0.2) is 19.6 Å². The number of fused-ring (bicyclic) bond motifs is 2. The summed E-state index contributed by atoms with van der Waals surface area (Å²) in [6.45, 7) is 5.30. The molecule has 4 aromatic heterocycles. The predicted octanol–water partition coefficient (Wildman–Crippen LogP) is 2.95. The van der Waals surface area contributed by atoms with Crippen LogP contribution in [0.4, 0.5) is 11.5 Å². The fourth-order valence-corrected chi connectivity index (χ4v) is 4.14. The topological polar surface area (TPSA) is 116 Å². The Hall–Kier alpha value is -3.66. The van der Waals surface area contributed by atoms with Gasteiger partial charge in [-0.3, -0.25) is 8.97 Å². The molecule has 0 amide bonds. The number of imidazole rings is 2. The Kier molecular flexibility index (Phi) is 5.14. The van der Waals surface area contributed by atoms with Gasteiger partial charge in [0.15, 0.2) is 5.69 Å². The van der Waals surface area contributed by atoms with Gasteiger partial charge in [-0.05, 0) is 38.3 Å². The second kappa shape index (κ2) is 8.12. The highest BCUT2D eigenvalue weighted by molar-refractivity contribution is 5.88. The summed E-state index contributed by atoms with van der Waals surface area (Å²) in [4.78, 5) is 36.5. The molecule has 0 atom stereocenters. The molecule has 2 N–H and O–H groups in total. The number of aryl methyl sites for hydroxylation is 1. The van der Waals surface area contributed by atoms with E-state index in [-0.39, 0.29) is 11.7 Å². The molecule has 5 rings (SSSR count). The van der Waals surface area contributed by atoms with Crippen LogP contribution in [0.3, 0.4) is 0 Å². The molecule has 10 heteroatoms. The molecule has 0 aliphatic carbocycles. The minimum absolute atomic E-state index is 0.0939. The minimum atomic E-state index is -0.429. The van der Waals surface area contributed by atoms with E-state index in [1.54, 1.807) is 28.3 Å². The van der Waals surface area contributed by atoms with Crippen LogP contribution in [0.25, 0.3) is 16.7 Å². The number of hydrogen-bond donors (Lipinski definition) is 2. The Bertz CT molecular complexity index is 1360. The average molecular weight is 436 g/mol. The number of esters is 1. The number of anilines is 2. The average Bonchev–Trinajstić information content (AvgIpc) is 3.34. The molecular weight excluding hydrogens is 412 g/mol. The van der Waals surface area contributed by atoms with Crippen LogP contribution in [-0.4, -0.2) is 49.7 Å². The Balaban J connectivity index is 1.52. The van der Waals surface area contributed by atoms with Crippen molar-refractivity contribution < 1.29 is 14.3 Å². The number of nitrogens with zero attached hydrogens (tertiary/aromatic N) is 4. The zero-order chi connectivity index (χ0) is 22.2. The molecule has 1 aliphatic rings. The number of ether oxygens (including phenoxy) is 2. The van der Waals surface area contributed by atoms with Crippen molar-refractivity contribution in [3.8, 4) is 0 Å². The number of aromatic amines is 1. The van der Waals surface area contributed by atoms with E-state index in [0.29, 0.717) is 42.5 Å². The maximum absolute atomic E-state index is 12.6. The van der Waals surface area contributed by atoms with Crippen molar-refractivity contribution in [3.63, 3.8) is 0 Å². The molecule has 1 fully saturated rings. The van der Waals surface area contributed by atoms with Crippen LogP contribution in [0.15, 0.2) is 35.5 Å². The minimum Gasteiger partial charge on any atom is -0.461 e. The number of H-pyrrole nitrogens is 1. The number of rotatable bonds is 5. The fourth-order valence-electron chi connectivity index (χ4n) is 4.14. The van der Waals surface area contributed by atoms with E-state index in [1.807, 2.05) is 19.1 Å². The van der Waals surface area contributed by atoms with Crippen molar-refractivity contribution in [3.05, 3.63) is 52.5 Å². The van der Waals surface area contributed by atoms with Crippen LogP contribution in [0.1, 0.15) is 41.9 Å². The Morgan fingerprint density at radius 3 is 2.88 bits per heavy atom. The molecule has 4 aromatic rings. The lowest BCUT2D eigenvalue weighted by atomic mass is 10.1. The van der Waals surface area contributed by atoms with Crippen molar-refractivity contribution in [2.45, 2.75) is 32.7 Å². The van der Waals surface area contributed by atoms with Crippen LogP contribution in [0.5, 0.6) is 0 Å². The van der Waals surface area contributed by atoms with Gasteiger partial charge in [-0.15, -0.1) is 0 Å². The first-order valence-electron chi connectivity index (χ1n) is 10.6. The van der Waals surface area contributed by atoms with Gasteiger partial charge in [-0.2, -0.15) is 0 Å². The molecule has 0 bridgehead atoms. The van der Waals surface area contributed by atoms with Crippen molar-refractivity contribution in [2.24, 2.45) is 0 Å². The molecule has 0 spiro atoms. The summed E-state index contributed by atoms with van der Waals surface area (Å²) in [6, 6.07) is 3.85. The smallest absolute Gasteiger partial charge is 0.356 e. The molecule has 32 heavy (non-hydrogen) atoms. The maximum atomic E-state index is 12.6. The lowest BCUT2D eigenvalue weighted by Gasteiger charge is -2.23. The Morgan fingerprint density at radius 2 is 2.09 bits per heavy atom. The summed E-state index contributed by atoms with van der Waals surface area (Å²) in [7, 11) is 0. The van der Waals surface area contributed by atoms with Gasteiger partial charge in [0.1, 0.15) is 11.5 Å². The van der Waals surface area contributed by atoms with E-state index >= 15 is 0 Å². The third kappa shape index (κ3) is 3.52. The lowest BCUT2D eigenvalue weighted by Crippen LogP contribution is -2.27. The van der Waals surface area contributed by atoms with Gasteiger partial charge in [0, 0.05) is 31.5 Å². The number of aromatic nitrogens is 5. The Morgan fingerprint density at radius 1 is 1.28 bits per heavy atom. The van der Waals surface area contributed by atoms with Crippen LogP contribution < -0.4 is 11.0 Å². The van der Waals surface area contributed by atoms with Crippen LogP contribution in [0.2, 0.25) is 0 Å². The highest BCUT2D eigenvalue weighted by Crippen LogP contribution is 2.27. The first kappa shape index (κ1) is 20.3. The quantitative estimate of drug-likeness (QED) is 0.462. The summed E-state index contributed by atoms with van der Waals surface area (Å²) in [6.07, 6.45) is 6.56. The molecule has 10 nitrogen and oxygen atoms in total. The van der Waals surface area contributed by atoms with Gasteiger partial charge >= 0.3 is 11.7 Å². The highest BCUT2D eigenvalue weighted by Gasteiger charge is 2.21. The summed E-state index contributed by atoms with van der Waals surface area (Å²) in [5.41, 5.74) is 4.07. The number of pyridine rings is 2.